The monoisotopic (exact) mass is 343 g/mol. The normalized spacial score (nSPS) is 10.8. The van der Waals surface area contributed by atoms with Crippen molar-refractivity contribution >= 4 is 11.7 Å². The summed E-state index contributed by atoms with van der Waals surface area (Å²) in [5.74, 6) is 1.10. The van der Waals surface area contributed by atoms with Crippen LogP contribution in [-0.4, -0.2) is 36.3 Å². The van der Waals surface area contributed by atoms with Crippen LogP contribution in [0.2, 0.25) is 0 Å². The van der Waals surface area contributed by atoms with Gasteiger partial charge in [-0.2, -0.15) is 5.10 Å². The SMILES string of the molecule is CCCNC(=O)c1cccc(CNCc2c(C)nn(C)c2N(C)C)c1. The van der Waals surface area contributed by atoms with E-state index in [1.165, 1.54) is 5.56 Å². The molecule has 0 atom stereocenters. The maximum absolute atomic E-state index is 12.1. The number of amides is 1. The molecule has 1 heterocycles. The first kappa shape index (κ1) is 19.0. The zero-order chi connectivity index (χ0) is 18.4. The summed E-state index contributed by atoms with van der Waals surface area (Å²) in [6.07, 6.45) is 0.936. The highest BCUT2D eigenvalue weighted by molar-refractivity contribution is 5.94. The average Bonchev–Trinajstić information content (AvgIpc) is 2.86. The number of rotatable bonds is 8. The van der Waals surface area contributed by atoms with Crippen LogP contribution in [0.15, 0.2) is 24.3 Å². The third kappa shape index (κ3) is 4.82. The van der Waals surface area contributed by atoms with Gasteiger partial charge in [-0.3, -0.25) is 9.48 Å². The Labute approximate surface area is 150 Å². The fraction of sp³-hybridized carbons (Fsp3) is 0.474. The van der Waals surface area contributed by atoms with Gasteiger partial charge in [0.2, 0.25) is 0 Å². The minimum Gasteiger partial charge on any atom is -0.363 e. The van der Waals surface area contributed by atoms with Crippen molar-refractivity contribution < 1.29 is 4.79 Å². The summed E-state index contributed by atoms with van der Waals surface area (Å²) in [4.78, 5) is 14.1. The van der Waals surface area contributed by atoms with Crippen molar-refractivity contribution in [3.63, 3.8) is 0 Å². The Balaban J connectivity index is 2.00. The van der Waals surface area contributed by atoms with Gasteiger partial charge < -0.3 is 15.5 Å². The van der Waals surface area contributed by atoms with Gasteiger partial charge in [0.1, 0.15) is 5.82 Å². The molecule has 1 aromatic heterocycles. The maximum atomic E-state index is 12.1. The Hall–Kier alpha value is -2.34. The van der Waals surface area contributed by atoms with E-state index in [4.69, 9.17) is 0 Å². The van der Waals surface area contributed by atoms with Crippen molar-refractivity contribution in [1.29, 1.82) is 0 Å². The predicted octanol–water partition coefficient (Wildman–Crippen LogP) is 2.22. The van der Waals surface area contributed by atoms with E-state index in [-0.39, 0.29) is 5.91 Å². The van der Waals surface area contributed by atoms with Gasteiger partial charge in [0, 0.05) is 51.9 Å². The second kappa shape index (κ2) is 8.67. The Bertz CT molecular complexity index is 721. The zero-order valence-corrected chi connectivity index (χ0v) is 15.9. The van der Waals surface area contributed by atoms with E-state index in [9.17, 15) is 4.79 Å². The van der Waals surface area contributed by atoms with E-state index >= 15 is 0 Å². The molecule has 6 nitrogen and oxygen atoms in total. The van der Waals surface area contributed by atoms with Crippen LogP contribution in [0.4, 0.5) is 5.82 Å². The topological polar surface area (TPSA) is 62.2 Å². The molecule has 0 spiro atoms. The summed E-state index contributed by atoms with van der Waals surface area (Å²) in [6.45, 7) is 6.22. The number of nitrogens with zero attached hydrogens (tertiary/aromatic N) is 3. The van der Waals surface area contributed by atoms with E-state index < -0.39 is 0 Å². The van der Waals surface area contributed by atoms with Crippen molar-refractivity contribution in [2.24, 2.45) is 7.05 Å². The zero-order valence-electron chi connectivity index (χ0n) is 15.9. The third-order valence-electron chi connectivity index (χ3n) is 4.09. The fourth-order valence-corrected chi connectivity index (χ4v) is 2.95. The molecule has 0 bridgehead atoms. The van der Waals surface area contributed by atoms with Crippen molar-refractivity contribution in [3.05, 3.63) is 46.6 Å². The molecular formula is C19H29N5O. The second-order valence-electron chi connectivity index (χ2n) is 6.47. The number of hydrogen-bond donors (Lipinski definition) is 2. The summed E-state index contributed by atoms with van der Waals surface area (Å²) in [5.41, 5.74) is 4.03. The van der Waals surface area contributed by atoms with Gasteiger partial charge in [-0.1, -0.05) is 19.1 Å². The van der Waals surface area contributed by atoms with E-state index in [0.29, 0.717) is 18.7 Å². The van der Waals surface area contributed by atoms with Gasteiger partial charge in [0.25, 0.3) is 5.91 Å². The Morgan fingerprint density at radius 1 is 1.28 bits per heavy atom. The molecule has 2 aromatic rings. The van der Waals surface area contributed by atoms with Crippen LogP contribution in [0.5, 0.6) is 0 Å². The number of carbonyl (C=O) groups is 1. The lowest BCUT2D eigenvalue weighted by atomic mass is 10.1. The first-order valence-corrected chi connectivity index (χ1v) is 8.71. The van der Waals surface area contributed by atoms with Gasteiger partial charge in [-0.15, -0.1) is 0 Å². The smallest absolute Gasteiger partial charge is 0.251 e. The third-order valence-corrected chi connectivity index (χ3v) is 4.09. The molecule has 0 radical (unpaired) electrons. The number of aromatic nitrogens is 2. The Kier molecular flexibility index (Phi) is 6.58. The molecule has 0 aliphatic heterocycles. The largest absolute Gasteiger partial charge is 0.363 e. The average molecular weight is 343 g/mol. The molecule has 0 aliphatic carbocycles. The summed E-state index contributed by atoms with van der Waals surface area (Å²) < 4.78 is 1.91. The second-order valence-corrected chi connectivity index (χ2v) is 6.47. The van der Waals surface area contributed by atoms with Crippen LogP contribution in [0.1, 0.15) is 40.5 Å². The minimum atomic E-state index is -0.0123. The van der Waals surface area contributed by atoms with E-state index in [2.05, 4.69) is 20.6 Å². The first-order chi connectivity index (χ1) is 11.9. The molecular weight excluding hydrogens is 314 g/mol. The molecule has 1 aromatic carbocycles. The van der Waals surface area contributed by atoms with Gasteiger partial charge in [-0.05, 0) is 31.0 Å². The standard InChI is InChI=1S/C19H29N5O/c1-6-10-21-18(25)16-9-7-8-15(11-16)12-20-13-17-14(2)22-24(5)19(17)23(3)4/h7-9,11,20H,6,10,12-13H2,1-5H3,(H,21,25). The highest BCUT2D eigenvalue weighted by atomic mass is 16.1. The fourth-order valence-electron chi connectivity index (χ4n) is 2.95. The maximum Gasteiger partial charge on any atom is 0.251 e. The Morgan fingerprint density at radius 3 is 2.72 bits per heavy atom. The van der Waals surface area contributed by atoms with Gasteiger partial charge in [0.05, 0.1) is 5.69 Å². The summed E-state index contributed by atoms with van der Waals surface area (Å²) >= 11 is 0. The van der Waals surface area contributed by atoms with Crippen LogP contribution in [-0.2, 0) is 20.1 Å². The molecule has 0 aliphatic rings. The summed E-state index contributed by atoms with van der Waals surface area (Å²) in [5, 5.41) is 10.9. The highest BCUT2D eigenvalue weighted by Gasteiger charge is 2.14. The number of benzene rings is 1. The van der Waals surface area contributed by atoms with Crippen molar-refractivity contribution in [1.82, 2.24) is 20.4 Å². The molecule has 2 rings (SSSR count). The lowest BCUT2D eigenvalue weighted by molar-refractivity contribution is 0.0953. The lowest BCUT2D eigenvalue weighted by Gasteiger charge is -2.15. The van der Waals surface area contributed by atoms with E-state index in [0.717, 1.165) is 30.0 Å². The number of nitrogens with one attached hydrogen (secondary N) is 2. The van der Waals surface area contributed by atoms with Gasteiger partial charge in [-0.25, -0.2) is 0 Å². The summed E-state index contributed by atoms with van der Waals surface area (Å²) in [6, 6.07) is 7.76. The first-order valence-electron chi connectivity index (χ1n) is 8.71. The molecule has 0 saturated heterocycles. The molecule has 1 amide bonds. The molecule has 136 valence electrons. The number of hydrogen-bond acceptors (Lipinski definition) is 4. The van der Waals surface area contributed by atoms with Crippen LogP contribution in [0.25, 0.3) is 0 Å². The van der Waals surface area contributed by atoms with E-state index in [1.807, 2.05) is 63.9 Å². The molecule has 6 heteroatoms. The lowest BCUT2D eigenvalue weighted by Crippen LogP contribution is -2.24. The molecule has 0 saturated carbocycles. The van der Waals surface area contributed by atoms with Crippen LogP contribution in [0.3, 0.4) is 0 Å². The van der Waals surface area contributed by atoms with Crippen LogP contribution in [0, 0.1) is 6.92 Å². The molecule has 2 N–H and O–H groups in total. The van der Waals surface area contributed by atoms with Crippen molar-refractivity contribution in [3.8, 4) is 0 Å². The Morgan fingerprint density at radius 2 is 2.04 bits per heavy atom. The molecule has 25 heavy (non-hydrogen) atoms. The quantitative estimate of drug-likeness (QED) is 0.771. The van der Waals surface area contributed by atoms with Crippen molar-refractivity contribution in [2.75, 3.05) is 25.5 Å². The molecule has 0 fully saturated rings. The van der Waals surface area contributed by atoms with Gasteiger partial charge in [0.15, 0.2) is 0 Å². The van der Waals surface area contributed by atoms with Crippen molar-refractivity contribution in [2.45, 2.75) is 33.4 Å². The van der Waals surface area contributed by atoms with Crippen LogP contribution >= 0.6 is 0 Å². The van der Waals surface area contributed by atoms with Gasteiger partial charge >= 0.3 is 0 Å². The van der Waals surface area contributed by atoms with E-state index in [1.54, 1.807) is 0 Å². The number of aryl methyl sites for hydroxylation is 2. The predicted molar refractivity (Wildman–Crippen MR) is 102 cm³/mol. The number of carbonyl (C=O) groups excluding carboxylic acids is 1. The number of anilines is 1. The highest BCUT2D eigenvalue weighted by Crippen LogP contribution is 2.21. The summed E-state index contributed by atoms with van der Waals surface area (Å²) in [7, 11) is 6.01. The van der Waals surface area contributed by atoms with Crippen LogP contribution < -0.4 is 15.5 Å². The molecule has 0 unspecified atom stereocenters. The minimum absolute atomic E-state index is 0.0123.